The summed E-state index contributed by atoms with van der Waals surface area (Å²) in [5, 5.41) is 18.9. The van der Waals surface area contributed by atoms with Gasteiger partial charge in [0.05, 0.1) is 16.3 Å². The molecule has 1 N–H and O–H groups in total. The van der Waals surface area contributed by atoms with Gasteiger partial charge >= 0.3 is 0 Å². The van der Waals surface area contributed by atoms with E-state index in [0.717, 1.165) is 34.0 Å². The Hall–Kier alpha value is -3.13. The molecule has 1 aromatic heterocycles. The fraction of sp³-hybridized carbons (Fsp3) is 0.238. The average Bonchev–Trinajstić information content (AvgIpc) is 3.26. The van der Waals surface area contributed by atoms with Crippen molar-refractivity contribution >= 4 is 29.2 Å². The molecule has 0 bridgehead atoms. The molecule has 0 aliphatic carbocycles. The molecule has 0 saturated carbocycles. The number of nitrogens with zero attached hydrogens (tertiary/aromatic N) is 3. The Morgan fingerprint density at radius 3 is 2.59 bits per heavy atom. The van der Waals surface area contributed by atoms with Crippen molar-refractivity contribution in [2.45, 2.75) is 32.3 Å². The van der Waals surface area contributed by atoms with E-state index in [0.29, 0.717) is 11.4 Å². The van der Waals surface area contributed by atoms with Crippen LogP contribution in [0.5, 0.6) is 0 Å². The summed E-state index contributed by atoms with van der Waals surface area (Å²) in [6, 6.07) is 10.6. The van der Waals surface area contributed by atoms with Gasteiger partial charge in [-0.1, -0.05) is 12.1 Å². The van der Waals surface area contributed by atoms with E-state index in [4.69, 9.17) is 5.10 Å². The highest BCUT2D eigenvalue weighted by atomic mass is 32.2. The summed E-state index contributed by atoms with van der Waals surface area (Å²) in [5.74, 6) is 1.80. The Labute approximate surface area is 172 Å². The van der Waals surface area contributed by atoms with Gasteiger partial charge in [-0.2, -0.15) is 16.9 Å². The average molecular weight is 408 g/mol. The van der Waals surface area contributed by atoms with E-state index in [-0.39, 0.29) is 11.3 Å². The summed E-state index contributed by atoms with van der Waals surface area (Å²) in [7, 11) is 0. The Morgan fingerprint density at radius 2 is 1.86 bits per heavy atom. The van der Waals surface area contributed by atoms with Crippen LogP contribution in [0.1, 0.15) is 38.3 Å². The van der Waals surface area contributed by atoms with Crippen LogP contribution in [0, 0.1) is 30.9 Å². The Bertz CT molecular complexity index is 1150. The molecule has 0 unspecified atom stereocenters. The van der Waals surface area contributed by atoms with Gasteiger partial charge in [-0.25, -0.2) is 4.68 Å². The lowest BCUT2D eigenvalue weighted by molar-refractivity contribution is -0.385. The van der Waals surface area contributed by atoms with Gasteiger partial charge in [0.2, 0.25) is 0 Å². The molecule has 4 rings (SSSR count). The van der Waals surface area contributed by atoms with Gasteiger partial charge in [0, 0.05) is 34.3 Å². The van der Waals surface area contributed by atoms with E-state index in [9.17, 15) is 14.9 Å². The van der Waals surface area contributed by atoms with Crippen LogP contribution in [0.3, 0.4) is 0 Å². The number of benzene rings is 2. The van der Waals surface area contributed by atoms with Gasteiger partial charge in [-0.05, 0) is 50.1 Å². The first-order valence-electron chi connectivity index (χ1n) is 9.17. The quantitative estimate of drug-likeness (QED) is 0.499. The van der Waals surface area contributed by atoms with E-state index in [1.165, 1.54) is 11.6 Å². The minimum absolute atomic E-state index is 0.0684. The summed E-state index contributed by atoms with van der Waals surface area (Å²) in [5.41, 5.74) is 5.85. The molecule has 1 aliphatic rings. The van der Waals surface area contributed by atoms with Crippen molar-refractivity contribution in [3.05, 3.63) is 80.0 Å². The van der Waals surface area contributed by atoms with Crippen molar-refractivity contribution in [3.63, 3.8) is 0 Å². The summed E-state index contributed by atoms with van der Waals surface area (Å²) < 4.78 is 1.76. The molecule has 1 amide bonds. The molecule has 0 saturated heterocycles. The molecule has 0 atom stereocenters. The molecule has 2 aromatic carbocycles. The maximum absolute atomic E-state index is 12.9. The Kier molecular flexibility index (Phi) is 4.87. The summed E-state index contributed by atoms with van der Waals surface area (Å²) >= 11 is 1.75. The van der Waals surface area contributed by atoms with Gasteiger partial charge in [0.15, 0.2) is 0 Å². The lowest BCUT2D eigenvalue weighted by Crippen LogP contribution is -2.16. The number of carbonyl (C=O) groups is 1. The number of carbonyl (C=O) groups excluding carboxylic acids is 1. The van der Waals surface area contributed by atoms with Crippen LogP contribution < -0.4 is 5.32 Å². The number of rotatable bonds is 4. The van der Waals surface area contributed by atoms with Crippen molar-refractivity contribution in [1.29, 1.82) is 0 Å². The number of hydrogen-bond donors (Lipinski definition) is 1. The lowest BCUT2D eigenvalue weighted by atomic mass is 10.1. The minimum Gasteiger partial charge on any atom is -0.306 e. The monoisotopic (exact) mass is 408 g/mol. The first-order chi connectivity index (χ1) is 13.8. The predicted octanol–water partition coefficient (Wildman–Crippen LogP) is 4.70. The summed E-state index contributed by atoms with van der Waals surface area (Å²) in [6.45, 7) is 5.74. The second kappa shape index (κ2) is 7.36. The molecular weight excluding hydrogens is 388 g/mol. The van der Waals surface area contributed by atoms with Gasteiger partial charge in [-0.15, -0.1) is 0 Å². The van der Waals surface area contributed by atoms with Gasteiger partial charge in [0.25, 0.3) is 11.6 Å². The van der Waals surface area contributed by atoms with Gasteiger partial charge in [0.1, 0.15) is 5.82 Å². The number of aromatic nitrogens is 2. The largest absolute Gasteiger partial charge is 0.306 e. The number of amides is 1. The molecule has 2 heterocycles. The highest BCUT2D eigenvalue weighted by Crippen LogP contribution is 2.36. The number of thioether (sulfide) groups is 1. The van der Waals surface area contributed by atoms with E-state index >= 15 is 0 Å². The van der Waals surface area contributed by atoms with Crippen LogP contribution in [0.4, 0.5) is 11.5 Å². The van der Waals surface area contributed by atoms with Crippen molar-refractivity contribution in [3.8, 4) is 5.69 Å². The highest BCUT2D eigenvalue weighted by molar-refractivity contribution is 7.98. The van der Waals surface area contributed by atoms with E-state index in [1.54, 1.807) is 35.5 Å². The molecule has 0 radical (unpaired) electrons. The van der Waals surface area contributed by atoms with Crippen LogP contribution in [-0.4, -0.2) is 20.6 Å². The molecule has 0 fully saturated rings. The van der Waals surface area contributed by atoms with Crippen molar-refractivity contribution in [2.24, 2.45) is 0 Å². The van der Waals surface area contributed by atoms with E-state index in [1.807, 2.05) is 32.0 Å². The third-order valence-corrected chi connectivity index (χ3v) is 6.16. The first kappa shape index (κ1) is 19.2. The molecule has 29 heavy (non-hydrogen) atoms. The number of hydrogen-bond acceptors (Lipinski definition) is 5. The van der Waals surface area contributed by atoms with Crippen LogP contribution in [0.15, 0.2) is 36.4 Å². The van der Waals surface area contributed by atoms with Crippen LogP contribution in [0.25, 0.3) is 5.69 Å². The third-order valence-electron chi connectivity index (χ3n) is 5.19. The first-order valence-corrected chi connectivity index (χ1v) is 10.3. The van der Waals surface area contributed by atoms with Crippen LogP contribution in [-0.2, 0) is 11.5 Å². The zero-order valence-electron chi connectivity index (χ0n) is 16.4. The van der Waals surface area contributed by atoms with Gasteiger partial charge in [-0.3, -0.25) is 14.9 Å². The second-order valence-corrected chi connectivity index (χ2v) is 8.15. The smallest absolute Gasteiger partial charge is 0.273 e. The third kappa shape index (κ3) is 3.51. The fourth-order valence-corrected chi connectivity index (χ4v) is 4.35. The molecule has 0 spiro atoms. The molecule has 1 aliphatic heterocycles. The highest BCUT2D eigenvalue weighted by Gasteiger charge is 2.25. The lowest BCUT2D eigenvalue weighted by Gasteiger charge is -2.12. The van der Waals surface area contributed by atoms with Crippen LogP contribution >= 0.6 is 11.8 Å². The number of aryl methyl sites for hydroxylation is 3. The minimum atomic E-state index is -0.472. The molecular formula is C21H20N4O3S. The maximum atomic E-state index is 12.9. The number of nitro benzene ring substituents is 1. The standard InChI is InChI=1S/C21H20N4O3S/c1-12-5-7-16(8-14(12)3)24-20(17-10-29-11-18(17)23-24)22-21(26)15-6-4-13(2)19(9-15)25(27)28/h4-9H,10-11H2,1-3H3,(H,22,26). The van der Waals surface area contributed by atoms with Crippen molar-refractivity contribution in [1.82, 2.24) is 9.78 Å². The Balaban J connectivity index is 1.74. The molecule has 8 heteroatoms. The number of fused-ring (bicyclic) bond motifs is 1. The van der Waals surface area contributed by atoms with Crippen LogP contribution in [0.2, 0.25) is 0 Å². The second-order valence-electron chi connectivity index (χ2n) is 7.16. The normalized spacial score (nSPS) is 12.7. The summed E-state index contributed by atoms with van der Waals surface area (Å²) in [4.78, 5) is 23.7. The predicted molar refractivity (Wildman–Crippen MR) is 114 cm³/mol. The zero-order valence-corrected chi connectivity index (χ0v) is 17.2. The SMILES string of the molecule is Cc1ccc(-n2nc3c(c2NC(=O)c2ccc(C)c([N+](=O)[O-])c2)CSC3)cc1C. The molecule has 3 aromatic rings. The summed E-state index contributed by atoms with van der Waals surface area (Å²) in [6.07, 6.45) is 0. The zero-order chi connectivity index (χ0) is 20.7. The Morgan fingerprint density at radius 1 is 1.10 bits per heavy atom. The molecule has 7 nitrogen and oxygen atoms in total. The number of nitrogens with one attached hydrogen (secondary N) is 1. The van der Waals surface area contributed by atoms with Crippen molar-refractivity contribution in [2.75, 3.05) is 5.32 Å². The maximum Gasteiger partial charge on any atom is 0.273 e. The topological polar surface area (TPSA) is 90.1 Å². The number of nitro groups is 1. The fourth-order valence-electron chi connectivity index (χ4n) is 3.31. The van der Waals surface area contributed by atoms with Gasteiger partial charge < -0.3 is 5.32 Å². The van der Waals surface area contributed by atoms with Crippen molar-refractivity contribution < 1.29 is 9.72 Å². The van der Waals surface area contributed by atoms with E-state index in [2.05, 4.69) is 5.32 Å². The number of anilines is 1. The van der Waals surface area contributed by atoms with E-state index < -0.39 is 10.8 Å². The molecule has 148 valence electrons.